The lowest BCUT2D eigenvalue weighted by molar-refractivity contribution is -0.385. The summed E-state index contributed by atoms with van der Waals surface area (Å²) in [6.45, 7) is 5.95. The van der Waals surface area contributed by atoms with Crippen molar-refractivity contribution in [1.82, 2.24) is 15.6 Å². The largest absolute Gasteiger partial charge is 0.502 e. The summed E-state index contributed by atoms with van der Waals surface area (Å²) in [6.07, 6.45) is 1.24. The molecule has 0 saturated heterocycles. The Kier molecular flexibility index (Phi) is 4.63. The monoisotopic (exact) mass is 331 g/mol. The molecule has 3 N–H and O–H groups in total. The number of rotatable bonds is 4. The first-order chi connectivity index (χ1) is 11.2. The molecular weight excluding hydrogens is 314 g/mol. The fourth-order valence-corrected chi connectivity index (χ4v) is 1.81. The average Bonchev–Trinajstić information content (AvgIpc) is 2.98. The topological polar surface area (TPSA) is 134 Å². The molecule has 0 atom stereocenters. The summed E-state index contributed by atoms with van der Waals surface area (Å²) in [5.74, 6) is -0.946. The van der Waals surface area contributed by atoms with E-state index >= 15 is 0 Å². The Bertz CT molecular complexity index is 804. The highest BCUT2D eigenvalue weighted by molar-refractivity contribution is 5.93. The van der Waals surface area contributed by atoms with Gasteiger partial charge in [-0.1, -0.05) is 20.8 Å². The minimum atomic E-state index is -0.705. The number of nitrogens with one attached hydrogen (secondary N) is 2. The van der Waals surface area contributed by atoms with Crippen LogP contribution in [0, 0.1) is 10.1 Å². The van der Waals surface area contributed by atoms with Crippen LogP contribution in [0.3, 0.4) is 0 Å². The highest BCUT2D eigenvalue weighted by Gasteiger charge is 2.19. The molecule has 0 fully saturated rings. The molecule has 0 saturated carbocycles. The van der Waals surface area contributed by atoms with E-state index in [1.165, 1.54) is 18.3 Å². The van der Waals surface area contributed by atoms with E-state index in [0.29, 0.717) is 5.56 Å². The summed E-state index contributed by atoms with van der Waals surface area (Å²) >= 11 is 0. The summed E-state index contributed by atoms with van der Waals surface area (Å²) in [5.41, 5.74) is 3.04. The van der Waals surface area contributed by atoms with E-state index < -0.39 is 22.3 Å². The average molecular weight is 331 g/mol. The summed E-state index contributed by atoms with van der Waals surface area (Å²) < 4.78 is 0. The van der Waals surface area contributed by atoms with Gasteiger partial charge in [0.2, 0.25) is 0 Å². The van der Waals surface area contributed by atoms with Gasteiger partial charge in [0.1, 0.15) is 0 Å². The number of benzene rings is 1. The van der Waals surface area contributed by atoms with E-state index in [2.05, 4.69) is 20.7 Å². The van der Waals surface area contributed by atoms with Gasteiger partial charge in [0, 0.05) is 22.7 Å². The highest BCUT2D eigenvalue weighted by Crippen LogP contribution is 2.25. The first kappa shape index (κ1) is 17.1. The number of phenols is 1. The van der Waals surface area contributed by atoms with Crippen LogP contribution >= 0.6 is 0 Å². The van der Waals surface area contributed by atoms with Crippen molar-refractivity contribution in [3.63, 3.8) is 0 Å². The third-order valence-corrected chi connectivity index (χ3v) is 3.19. The Hall–Kier alpha value is -3.23. The van der Waals surface area contributed by atoms with E-state index in [9.17, 15) is 20.0 Å². The summed E-state index contributed by atoms with van der Waals surface area (Å²) in [6, 6.07) is 5.41. The SMILES string of the molecule is CC(C)(C)c1cc(C(=O)N/N=C\c2ccc(O)c([N+](=O)[O-])c2)n[nH]1. The summed E-state index contributed by atoms with van der Waals surface area (Å²) in [4.78, 5) is 22.0. The van der Waals surface area contributed by atoms with Crippen molar-refractivity contribution in [2.24, 2.45) is 5.10 Å². The number of nitrogens with zero attached hydrogens (tertiary/aromatic N) is 3. The van der Waals surface area contributed by atoms with Crippen LogP contribution in [0.5, 0.6) is 5.75 Å². The van der Waals surface area contributed by atoms with E-state index in [4.69, 9.17) is 0 Å². The second-order valence-electron chi connectivity index (χ2n) is 6.12. The van der Waals surface area contributed by atoms with Gasteiger partial charge in [-0.25, -0.2) is 5.43 Å². The number of H-pyrrole nitrogens is 1. The van der Waals surface area contributed by atoms with Crippen molar-refractivity contribution in [3.8, 4) is 5.75 Å². The van der Waals surface area contributed by atoms with Crippen molar-refractivity contribution in [3.05, 3.63) is 51.3 Å². The zero-order valence-corrected chi connectivity index (χ0v) is 13.4. The lowest BCUT2D eigenvalue weighted by Crippen LogP contribution is -2.18. The Morgan fingerprint density at radius 3 is 2.71 bits per heavy atom. The second-order valence-corrected chi connectivity index (χ2v) is 6.12. The van der Waals surface area contributed by atoms with E-state index in [0.717, 1.165) is 11.8 Å². The van der Waals surface area contributed by atoms with Crippen LogP contribution in [0.1, 0.15) is 42.5 Å². The van der Waals surface area contributed by atoms with Crippen molar-refractivity contribution in [1.29, 1.82) is 0 Å². The van der Waals surface area contributed by atoms with Crippen LogP contribution in [0.4, 0.5) is 5.69 Å². The number of hydrogen-bond donors (Lipinski definition) is 3. The maximum Gasteiger partial charge on any atom is 0.311 e. The standard InChI is InChI=1S/C15H17N5O4/c1-15(2,3)13-7-10(17-18-13)14(22)19-16-8-9-4-5-12(21)11(6-9)20(23)24/h4-8,21H,1-3H3,(H,17,18)(H,19,22)/b16-8-. The molecule has 0 aliphatic heterocycles. The Morgan fingerprint density at radius 1 is 1.42 bits per heavy atom. The van der Waals surface area contributed by atoms with Crippen LogP contribution < -0.4 is 5.43 Å². The van der Waals surface area contributed by atoms with Gasteiger partial charge in [-0.15, -0.1) is 0 Å². The maximum absolute atomic E-state index is 11.9. The first-order valence-corrected chi connectivity index (χ1v) is 7.05. The molecule has 9 heteroatoms. The molecule has 9 nitrogen and oxygen atoms in total. The normalized spacial score (nSPS) is 11.6. The molecule has 0 unspecified atom stereocenters. The molecule has 1 amide bonds. The molecule has 0 bridgehead atoms. The van der Waals surface area contributed by atoms with Gasteiger partial charge in [-0.2, -0.15) is 10.2 Å². The molecule has 1 aromatic heterocycles. The summed E-state index contributed by atoms with van der Waals surface area (Å²) in [7, 11) is 0. The Morgan fingerprint density at radius 2 is 2.12 bits per heavy atom. The molecule has 2 rings (SSSR count). The zero-order valence-electron chi connectivity index (χ0n) is 13.4. The minimum Gasteiger partial charge on any atom is -0.502 e. The van der Waals surface area contributed by atoms with Crippen LogP contribution in [0.15, 0.2) is 29.4 Å². The number of nitro benzene ring substituents is 1. The molecule has 0 aliphatic carbocycles. The predicted octanol–water partition coefficient (Wildman–Crippen LogP) is 2.08. The van der Waals surface area contributed by atoms with Crippen molar-refractivity contribution < 1.29 is 14.8 Å². The van der Waals surface area contributed by atoms with E-state index in [1.54, 1.807) is 6.07 Å². The summed E-state index contributed by atoms with van der Waals surface area (Å²) in [5, 5.41) is 30.6. The number of hydrogen-bond acceptors (Lipinski definition) is 6. The molecule has 0 radical (unpaired) electrons. The predicted molar refractivity (Wildman–Crippen MR) is 87.1 cm³/mol. The van der Waals surface area contributed by atoms with E-state index in [1.807, 2.05) is 20.8 Å². The van der Waals surface area contributed by atoms with Crippen LogP contribution in [0.2, 0.25) is 0 Å². The smallest absolute Gasteiger partial charge is 0.311 e. The van der Waals surface area contributed by atoms with Gasteiger partial charge in [0.05, 0.1) is 11.1 Å². The van der Waals surface area contributed by atoms with Crippen LogP contribution in [-0.4, -0.2) is 32.3 Å². The number of nitro groups is 1. The number of aromatic amines is 1. The molecular formula is C15H17N5O4. The minimum absolute atomic E-state index is 0.167. The van der Waals surface area contributed by atoms with Gasteiger partial charge in [0.15, 0.2) is 11.4 Å². The third kappa shape index (κ3) is 3.94. The molecule has 126 valence electrons. The van der Waals surface area contributed by atoms with Crippen LogP contribution in [-0.2, 0) is 5.41 Å². The van der Waals surface area contributed by atoms with Gasteiger partial charge in [-0.3, -0.25) is 20.0 Å². The fraction of sp³-hybridized carbons (Fsp3) is 0.267. The molecule has 24 heavy (non-hydrogen) atoms. The van der Waals surface area contributed by atoms with Crippen molar-refractivity contribution >= 4 is 17.8 Å². The number of aromatic nitrogens is 2. The van der Waals surface area contributed by atoms with Crippen LogP contribution in [0.25, 0.3) is 0 Å². The highest BCUT2D eigenvalue weighted by atomic mass is 16.6. The number of aromatic hydroxyl groups is 1. The lowest BCUT2D eigenvalue weighted by atomic mass is 9.92. The lowest BCUT2D eigenvalue weighted by Gasteiger charge is -2.14. The molecule has 1 aromatic carbocycles. The quantitative estimate of drug-likeness (QED) is 0.448. The maximum atomic E-state index is 11.9. The first-order valence-electron chi connectivity index (χ1n) is 7.05. The third-order valence-electron chi connectivity index (χ3n) is 3.19. The molecule has 0 aliphatic rings. The molecule has 0 spiro atoms. The van der Waals surface area contributed by atoms with Gasteiger partial charge < -0.3 is 5.11 Å². The number of hydrazone groups is 1. The zero-order chi connectivity index (χ0) is 17.9. The second kappa shape index (κ2) is 6.49. The van der Waals surface area contributed by atoms with Crippen molar-refractivity contribution in [2.45, 2.75) is 26.2 Å². The number of carbonyl (C=O) groups excluding carboxylic acids is 1. The van der Waals surface area contributed by atoms with Gasteiger partial charge >= 0.3 is 5.69 Å². The molecule has 2 aromatic rings. The van der Waals surface area contributed by atoms with Gasteiger partial charge in [-0.05, 0) is 18.2 Å². The Labute approximate surface area is 137 Å². The van der Waals surface area contributed by atoms with Crippen molar-refractivity contribution in [2.75, 3.05) is 0 Å². The number of phenolic OH excluding ortho intramolecular Hbond substituents is 1. The number of carbonyl (C=O) groups is 1. The molecule has 1 heterocycles. The van der Waals surface area contributed by atoms with E-state index in [-0.39, 0.29) is 11.1 Å². The number of amides is 1. The van der Waals surface area contributed by atoms with Gasteiger partial charge in [0.25, 0.3) is 5.91 Å². The Balaban J connectivity index is 2.06. The fourth-order valence-electron chi connectivity index (χ4n) is 1.81.